The molecule has 23 heteroatoms. The van der Waals surface area contributed by atoms with Gasteiger partial charge in [0.15, 0.2) is 31.3 Å². The van der Waals surface area contributed by atoms with E-state index < -0.39 is 160 Å². The third-order valence-electron chi connectivity index (χ3n) is 21.6. The third-order valence-corrected chi connectivity index (χ3v) is 21.6. The molecule has 0 unspecified atom stereocenters. The van der Waals surface area contributed by atoms with E-state index in [1.807, 2.05) is 6.92 Å². The van der Waals surface area contributed by atoms with Crippen LogP contribution in [0.25, 0.3) is 0 Å². The van der Waals surface area contributed by atoms with Crippen LogP contribution >= 0.6 is 0 Å². The molecule has 0 aromatic heterocycles. The number of allylic oxidation sites excluding steroid dienone is 2. The Morgan fingerprint density at radius 1 is 0.571 bits per heavy atom. The van der Waals surface area contributed by atoms with Crippen LogP contribution in [-0.2, 0) is 42.7 Å². The molecule has 77 heavy (non-hydrogen) atoms. The van der Waals surface area contributed by atoms with Crippen LogP contribution in [0.2, 0.25) is 0 Å². The molecule has 4 aliphatic heterocycles. The average molecular weight is 1110 g/mol. The summed E-state index contributed by atoms with van der Waals surface area (Å²) < 4.78 is 48.3. The summed E-state index contributed by atoms with van der Waals surface area (Å²) in [5, 5.41) is 154. The van der Waals surface area contributed by atoms with Crippen LogP contribution in [-0.4, -0.2) is 232 Å². The SMILES string of the molecule is C[C@@H]1O[C@@H](O[C@H]2[C@H](O[C@H]3[C@H](O)[C@@H](O[C@@H]4O[C@H](CO)[C@@H](O)[C@H](O)[C@H]4O)[C@H](O[C@H]4CC[C@@]5(C)[C@@H](CC[C@]6(C)[C@@H]5CC=C5[C@@H]7CC(C)(C)C[C@@H](O)[C@]7(C)CC[C@]56C)[C@@]4(C)CO)O[C@@H]3C(=O)O)O[C@H](CO)[C@@H](O)[C@@H]2O)[C@H](O)[C@H](O)[C@H]1O. The van der Waals surface area contributed by atoms with Gasteiger partial charge in [0.2, 0.25) is 0 Å². The van der Waals surface area contributed by atoms with Crippen LogP contribution in [0.5, 0.6) is 0 Å². The van der Waals surface area contributed by atoms with E-state index in [1.165, 1.54) is 12.5 Å². The monoisotopic (exact) mass is 1100 g/mol. The van der Waals surface area contributed by atoms with Gasteiger partial charge in [-0.05, 0) is 104 Å². The summed E-state index contributed by atoms with van der Waals surface area (Å²) in [5.41, 5.74) is -0.457. The summed E-state index contributed by atoms with van der Waals surface area (Å²) in [4.78, 5) is 13.4. The lowest BCUT2D eigenvalue weighted by atomic mass is 9.33. The number of carboxylic acids is 1. The molecule has 30 atom stereocenters. The molecule has 4 heterocycles. The molecule has 0 amide bonds. The smallest absolute Gasteiger partial charge is 0.335 e. The predicted octanol–water partition coefficient (Wildman–Crippen LogP) is -1.47. The molecule has 0 radical (unpaired) electrons. The number of rotatable bonds is 12. The fourth-order valence-electron chi connectivity index (χ4n) is 16.6. The summed E-state index contributed by atoms with van der Waals surface area (Å²) in [7, 11) is 0. The second kappa shape index (κ2) is 21.5. The van der Waals surface area contributed by atoms with Crippen molar-refractivity contribution in [1.82, 2.24) is 0 Å². The zero-order valence-corrected chi connectivity index (χ0v) is 45.4. The maximum Gasteiger partial charge on any atom is 0.335 e. The predicted molar refractivity (Wildman–Crippen MR) is 263 cm³/mol. The third kappa shape index (κ3) is 9.70. The van der Waals surface area contributed by atoms with Crippen molar-refractivity contribution in [2.45, 2.75) is 248 Å². The number of ether oxygens (including phenoxy) is 8. The van der Waals surface area contributed by atoms with Gasteiger partial charge in [-0.2, -0.15) is 0 Å². The molecule has 5 aliphatic carbocycles. The minimum absolute atomic E-state index is 0.0203. The second-order valence-corrected chi connectivity index (χ2v) is 26.4. The average Bonchev–Trinajstić information content (AvgIpc) is 3.54. The highest BCUT2D eigenvalue weighted by molar-refractivity contribution is 5.73. The van der Waals surface area contributed by atoms with Crippen molar-refractivity contribution in [1.29, 1.82) is 0 Å². The molecule has 4 saturated heterocycles. The molecule has 0 aromatic carbocycles. The topological polar surface area (TPSA) is 374 Å². The Morgan fingerprint density at radius 2 is 1.13 bits per heavy atom. The Kier molecular flexibility index (Phi) is 16.8. The van der Waals surface area contributed by atoms with Gasteiger partial charge in [-0.1, -0.05) is 60.1 Å². The van der Waals surface area contributed by atoms with E-state index in [2.05, 4.69) is 47.6 Å². The van der Waals surface area contributed by atoms with Crippen LogP contribution in [0.1, 0.15) is 113 Å². The first-order valence-electron chi connectivity index (χ1n) is 27.8. The number of carbonyl (C=O) groups is 1. The van der Waals surface area contributed by atoms with E-state index in [4.69, 9.17) is 37.9 Å². The van der Waals surface area contributed by atoms with E-state index in [0.717, 1.165) is 38.5 Å². The number of hydrogen-bond donors (Lipinski definition) is 14. The summed E-state index contributed by atoms with van der Waals surface area (Å²) in [5.74, 6) is -1.47. The lowest BCUT2D eigenvalue weighted by Crippen LogP contribution is -2.69. The minimum Gasteiger partial charge on any atom is -0.479 e. The highest BCUT2D eigenvalue weighted by Gasteiger charge is 2.70. The highest BCUT2D eigenvalue weighted by Crippen LogP contribution is 2.76. The quantitative estimate of drug-likeness (QED) is 0.0783. The molecule has 4 saturated carbocycles. The van der Waals surface area contributed by atoms with E-state index in [1.54, 1.807) is 0 Å². The van der Waals surface area contributed by atoms with Crippen LogP contribution in [0, 0.1) is 50.2 Å². The van der Waals surface area contributed by atoms with Crippen molar-refractivity contribution < 1.29 is 114 Å². The molecule has 0 aromatic rings. The first kappa shape index (κ1) is 60.0. The van der Waals surface area contributed by atoms with Crippen molar-refractivity contribution in [3.05, 3.63) is 11.6 Å². The van der Waals surface area contributed by atoms with Crippen molar-refractivity contribution in [2.75, 3.05) is 19.8 Å². The Balaban J connectivity index is 1.02. The van der Waals surface area contributed by atoms with Gasteiger partial charge >= 0.3 is 5.97 Å². The molecule has 0 bridgehead atoms. The lowest BCUT2D eigenvalue weighted by Gasteiger charge is -2.72. The van der Waals surface area contributed by atoms with Crippen LogP contribution in [0.3, 0.4) is 0 Å². The normalized spacial score (nSPS) is 55.7. The number of aliphatic carboxylic acids is 1. The van der Waals surface area contributed by atoms with Gasteiger partial charge in [0.05, 0.1) is 38.1 Å². The molecular weight excluding hydrogens is 1020 g/mol. The van der Waals surface area contributed by atoms with Crippen LogP contribution < -0.4 is 0 Å². The molecule has 0 spiro atoms. The van der Waals surface area contributed by atoms with Crippen molar-refractivity contribution in [3.8, 4) is 0 Å². The summed E-state index contributed by atoms with van der Waals surface area (Å²) in [6.45, 7) is 15.1. The molecule has 9 aliphatic rings. The zero-order chi connectivity index (χ0) is 56.4. The van der Waals surface area contributed by atoms with Gasteiger partial charge in [0, 0.05) is 10.8 Å². The second-order valence-electron chi connectivity index (χ2n) is 26.4. The lowest BCUT2D eigenvalue weighted by molar-refractivity contribution is -0.401. The van der Waals surface area contributed by atoms with Crippen molar-refractivity contribution in [2.24, 2.45) is 50.2 Å². The first-order valence-corrected chi connectivity index (χ1v) is 27.8. The Hall–Kier alpha value is -1.63. The number of fused-ring (bicyclic) bond motifs is 7. The first-order chi connectivity index (χ1) is 36.0. The number of aliphatic hydroxyl groups excluding tert-OH is 13. The Morgan fingerprint density at radius 3 is 1.74 bits per heavy atom. The van der Waals surface area contributed by atoms with Crippen LogP contribution in [0.4, 0.5) is 0 Å². The van der Waals surface area contributed by atoms with Crippen LogP contribution in [0.15, 0.2) is 11.6 Å². The molecular formula is C54H88O23. The Bertz CT molecular complexity index is 2130. The molecule has 442 valence electrons. The van der Waals surface area contributed by atoms with E-state index in [9.17, 15) is 76.3 Å². The van der Waals surface area contributed by atoms with Gasteiger partial charge in [-0.25, -0.2) is 4.79 Å². The van der Waals surface area contributed by atoms with Crippen molar-refractivity contribution >= 4 is 5.97 Å². The largest absolute Gasteiger partial charge is 0.479 e. The number of aliphatic hydroxyl groups is 13. The van der Waals surface area contributed by atoms with E-state index in [-0.39, 0.29) is 51.4 Å². The summed E-state index contributed by atoms with van der Waals surface area (Å²) in [6.07, 6.45) is -29.4. The zero-order valence-electron chi connectivity index (χ0n) is 45.4. The number of hydrogen-bond acceptors (Lipinski definition) is 22. The van der Waals surface area contributed by atoms with Gasteiger partial charge < -0.3 is 109 Å². The summed E-state index contributed by atoms with van der Waals surface area (Å²) >= 11 is 0. The van der Waals surface area contributed by atoms with Crippen molar-refractivity contribution in [3.63, 3.8) is 0 Å². The molecule has 8 fully saturated rings. The molecule has 23 nitrogen and oxygen atoms in total. The van der Waals surface area contributed by atoms with E-state index >= 15 is 0 Å². The maximum absolute atomic E-state index is 13.4. The fraction of sp³-hybridized carbons (Fsp3) is 0.944. The number of carboxylic acid groups (broad SMARTS) is 1. The van der Waals surface area contributed by atoms with E-state index in [0.29, 0.717) is 19.3 Å². The fourth-order valence-corrected chi connectivity index (χ4v) is 16.6. The van der Waals surface area contributed by atoms with Gasteiger partial charge in [0.1, 0.15) is 85.5 Å². The maximum atomic E-state index is 13.4. The van der Waals surface area contributed by atoms with Gasteiger partial charge in [-0.15, -0.1) is 0 Å². The minimum atomic E-state index is -2.21. The van der Waals surface area contributed by atoms with Gasteiger partial charge in [0.25, 0.3) is 0 Å². The highest BCUT2D eigenvalue weighted by atomic mass is 16.8. The Labute approximate surface area is 449 Å². The molecule has 14 N–H and O–H groups in total. The standard InChI is InChI=1S/C54H88O23/c1-22-31(59)34(62)37(65)45(70-22)75-41-36(64)33(61)26(20-56)72-47(41)74-40-39(67)42(76-46-38(66)35(63)32(60)25(19-55)71-46)48(77-43(40)44(68)69)73-30-12-13-51(5)27(52(30,6)21-57)11-14-54(8)28(51)10-9-23-24-17-49(2,3)18-29(58)50(24,4)15-16-53(23,54)7/h9,22,24-43,45-48,55-67H,10-21H2,1-8H3,(H,68,69)/t22-,24-,25+,26+,27+,28+,29+,30-,31-,32+,33+,34+,35-,36-,37+,38+,39-,40-,41+,42+,43-,45-,46-,47-,48+,50+,51-,52+,53+,54+/m0/s1. The molecule has 9 rings (SSSR count). The summed E-state index contributed by atoms with van der Waals surface area (Å²) in [6, 6.07) is 0. The van der Waals surface area contributed by atoms with Gasteiger partial charge in [-0.3, -0.25) is 0 Å².